The van der Waals surface area contributed by atoms with Crippen LogP contribution >= 0.6 is 0 Å². The first-order chi connectivity index (χ1) is 19.9. The Balaban J connectivity index is 1.60. The van der Waals surface area contributed by atoms with E-state index in [4.69, 9.17) is 9.97 Å². The second-order valence-corrected chi connectivity index (χ2v) is 11.6. The molecular formula is C33H26N4O3S. The number of sulfone groups is 1. The number of para-hydroxylation sites is 2. The van der Waals surface area contributed by atoms with Crippen LogP contribution in [0.2, 0.25) is 0 Å². The highest BCUT2D eigenvalue weighted by molar-refractivity contribution is 7.92. The van der Waals surface area contributed by atoms with Crippen molar-refractivity contribution in [3.63, 3.8) is 0 Å². The third-order valence-electron chi connectivity index (χ3n) is 6.76. The number of anilines is 1. The highest BCUT2D eigenvalue weighted by Crippen LogP contribution is 2.37. The Hall–Kier alpha value is -5.08. The van der Waals surface area contributed by atoms with Gasteiger partial charge in [-0.25, -0.2) is 18.4 Å². The van der Waals surface area contributed by atoms with Crippen molar-refractivity contribution in [2.24, 2.45) is 0 Å². The van der Waals surface area contributed by atoms with Gasteiger partial charge in [0.15, 0.2) is 5.65 Å². The van der Waals surface area contributed by atoms with Gasteiger partial charge in [-0.3, -0.25) is 4.79 Å². The molecule has 6 rings (SSSR count). The summed E-state index contributed by atoms with van der Waals surface area (Å²) < 4.78 is 30.3. The van der Waals surface area contributed by atoms with Gasteiger partial charge in [-0.05, 0) is 48.4 Å². The SMILES string of the molecule is Cc1ccc(S(=O)(=O)c2c(NC(=O)C=Cc3ccccc3)n(Cc3ccccc3)c3nc4ccccc4nc23)cc1. The minimum Gasteiger partial charge on any atom is -0.307 e. The predicted molar refractivity (Wildman–Crippen MR) is 161 cm³/mol. The molecular weight excluding hydrogens is 532 g/mol. The fraction of sp³-hybridized carbons (Fsp3) is 0.0606. The van der Waals surface area contributed by atoms with Crippen LogP contribution in [0.1, 0.15) is 16.7 Å². The summed E-state index contributed by atoms with van der Waals surface area (Å²) >= 11 is 0. The van der Waals surface area contributed by atoms with Gasteiger partial charge in [0.05, 0.1) is 22.5 Å². The van der Waals surface area contributed by atoms with Crippen LogP contribution in [0.25, 0.3) is 28.3 Å². The van der Waals surface area contributed by atoms with Crippen molar-refractivity contribution in [2.45, 2.75) is 23.3 Å². The summed E-state index contributed by atoms with van der Waals surface area (Å²) in [5, 5.41) is 2.88. The van der Waals surface area contributed by atoms with Gasteiger partial charge >= 0.3 is 0 Å². The zero-order valence-corrected chi connectivity index (χ0v) is 23.0. The van der Waals surface area contributed by atoms with Crippen molar-refractivity contribution < 1.29 is 13.2 Å². The largest absolute Gasteiger partial charge is 0.307 e. The number of hydrogen-bond donors (Lipinski definition) is 1. The fourth-order valence-corrected chi connectivity index (χ4v) is 6.24. The van der Waals surface area contributed by atoms with Gasteiger partial charge in [0.25, 0.3) is 0 Å². The number of aromatic nitrogens is 3. The van der Waals surface area contributed by atoms with E-state index in [1.165, 1.54) is 6.08 Å². The molecule has 0 bridgehead atoms. The molecule has 0 spiro atoms. The molecule has 0 saturated carbocycles. The van der Waals surface area contributed by atoms with Gasteiger partial charge < -0.3 is 9.88 Å². The summed E-state index contributed by atoms with van der Waals surface area (Å²) in [6.07, 6.45) is 3.07. The molecule has 8 heteroatoms. The van der Waals surface area contributed by atoms with Crippen LogP contribution in [0.3, 0.4) is 0 Å². The van der Waals surface area contributed by atoms with Gasteiger partial charge in [-0.1, -0.05) is 90.5 Å². The maximum Gasteiger partial charge on any atom is 0.249 e. The molecule has 41 heavy (non-hydrogen) atoms. The average Bonchev–Trinajstić information content (AvgIpc) is 3.28. The zero-order chi connectivity index (χ0) is 28.4. The van der Waals surface area contributed by atoms with E-state index in [1.54, 1.807) is 41.0 Å². The highest BCUT2D eigenvalue weighted by Gasteiger charge is 2.32. The minimum absolute atomic E-state index is 0.0907. The van der Waals surface area contributed by atoms with Gasteiger partial charge in [-0.2, -0.15) is 0 Å². The summed E-state index contributed by atoms with van der Waals surface area (Å²) in [5.74, 6) is -0.363. The Labute approximate surface area is 237 Å². The maximum atomic E-state index is 14.3. The average molecular weight is 559 g/mol. The number of nitrogens with one attached hydrogen (secondary N) is 1. The van der Waals surface area contributed by atoms with E-state index in [9.17, 15) is 13.2 Å². The third-order valence-corrected chi connectivity index (χ3v) is 8.58. The van der Waals surface area contributed by atoms with E-state index in [1.807, 2.05) is 85.8 Å². The number of benzene rings is 4. The Morgan fingerprint density at radius 3 is 2.10 bits per heavy atom. The molecule has 0 radical (unpaired) electrons. The summed E-state index contributed by atoms with van der Waals surface area (Å²) in [7, 11) is -4.13. The Morgan fingerprint density at radius 2 is 1.41 bits per heavy atom. The van der Waals surface area contributed by atoms with E-state index in [-0.39, 0.29) is 27.7 Å². The fourth-order valence-electron chi connectivity index (χ4n) is 4.70. The molecule has 2 heterocycles. The number of fused-ring (bicyclic) bond motifs is 2. The molecule has 6 aromatic rings. The Kier molecular flexibility index (Phi) is 6.91. The third kappa shape index (κ3) is 5.25. The van der Waals surface area contributed by atoms with Crippen molar-refractivity contribution in [1.82, 2.24) is 14.5 Å². The Morgan fingerprint density at radius 1 is 0.805 bits per heavy atom. The molecule has 202 valence electrons. The molecule has 0 aliphatic carbocycles. The second kappa shape index (κ2) is 10.8. The molecule has 1 N–H and O–H groups in total. The lowest BCUT2D eigenvalue weighted by molar-refractivity contribution is -0.111. The summed E-state index contributed by atoms with van der Waals surface area (Å²) in [5.41, 5.74) is 4.42. The van der Waals surface area contributed by atoms with Crippen molar-refractivity contribution in [1.29, 1.82) is 0 Å². The number of rotatable bonds is 7. The zero-order valence-electron chi connectivity index (χ0n) is 22.2. The maximum absolute atomic E-state index is 14.3. The first-order valence-corrected chi connectivity index (χ1v) is 14.6. The second-order valence-electron chi connectivity index (χ2n) is 9.68. The van der Waals surface area contributed by atoms with Gasteiger partial charge in [0, 0.05) is 6.08 Å². The van der Waals surface area contributed by atoms with Crippen molar-refractivity contribution in [2.75, 3.05) is 5.32 Å². The van der Waals surface area contributed by atoms with E-state index in [2.05, 4.69) is 5.32 Å². The van der Waals surface area contributed by atoms with Crippen molar-refractivity contribution >= 4 is 49.8 Å². The summed E-state index contributed by atoms with van der Waals surface area (Å²) in [6, 6.07) is 33.0. The van der Waals surface area contributed by atoms with E-state index < -0.39 is 15.7 Å². The number of carbonyl (C=O) groups is 1. The van der Waals surface area contributed by atoms with Crippen LogP contribution in [-0.4, -0.2) is 28.9 Å². The Bertz CT molecular complexity index is 2020. The topological polar surface area (TPSA) is 94.0 Å². The molecule has 0 aliphatic heterocycles. The van der Waals surface area contributed by atoms with E-state index in [0.717, 1.165) is 16.7 Å². The van der Waals surface area contributed by atoms with Gasteiger partial charge in [0.2, 0.25) is 15.7 Å². The van der Waals surface area contributed by atoms with Crippen molar-refractivity contribution in [3.05, 3.63) is 132 Å². The number of hydrogen-bond acceptors (Lipinski definition) is 5. The normalized spacial score (nSPS) is 11.8. The number of carbonyl (C=O) groups excluding carboxylic acids is 1. The summed E-state index contributed by atoms with van der Waals surface area (Å²) in [6.45, 7) is 2.16. The number of amides is 1. The molecule has 0 atom stereocenters. The quantitative estimate of drug-likeness (QED) is 0.228. The lowest BCUT2D eigenvalue weighted by atomic mass is 10.2. The molecule has 0 saturated heterocycles. The first kappa shape index (κ1) is 26.2. The minimum atomic E-state index is -4.13. The van der Waals surface area contributed by atoms with Crippen LogP contribution in [0, 0.1) is 6.92 Å². The smallest absolute Gasteiger partial charge is 0.249 e. The number of aryl methyl sites for hydroxylation is 1. The van der Waals surface area contributed by atoms with Crippen LogP contribution in [0.5, 0.6) is 0 Å². The highest BCUT2D eigenvalue weighted by atomic mass is 32.2. The predicted octanol–water partition coefficient (Wildman–Crippen LogP) is 6.43. The van der Waals surface area contributed by atoms with Crippen LogP contribution < -0.4 is 5.32 Å². The van der Waals surface area contributed by atoms with Crippen LogP contribution in [-0.2, 0) is 21.2 Å². The van der Waals surface area contributed by atoms with Crippen LogP contribution in [0.4, 0.5) is 5.82 Å². The monoisotopic (exact) mass is 558 g/mol. The molecule has 0 aliphatic rings. The van der Waals surface area contributed by atoms with Crippen molar-refractivity contribution in [3.8, 4) is 0 Å². The van der Waals surface area contributed by atoms with E-state index >= 15 is 0 Å². The van der Waals surface area contributed by atoms with E-state index in [0.29, 0.717) is 16.7 Å². The lowest BCUT2D eigenvalue weighted by Crippen LogP contribution is -2.16. The van der Waals surface area contributed by atoms with Crippen LogP contribution in [0.15, 0.2) is 125 Å². The molecule has 0 fully saturated rings. The number of nitrogens with zero attached hydrogens (tertiary/aromatic N) is 3. The van der Waals surface area contributed by atoms with Gasteiger partial charge in [0.1, 0.15) is 16.2 Å². The molecule has 0 unspecified atom stereocenters. The molecule has 7 nitrogen and oxygen atoms in total. The lowest BCUT2D eigenvalue weighted by Gasteiger charge is -2.13. The first-order valence-electron chi connectivity index (χ1n) is 13.1. The summed E-state index contributed by atoms with van der Waals surface area (Å²) in [4.78, 5) is 23.0. The standard InChI is InChI=1S/C33H26N4O3S/c1-23-16-19-26(20-17-23)41(39,40)31-30-32(35-28-15-9-8-14-27(28)34-30)37(22-25-12-6-3-7-13-25)33(31)36-29(38)21-18-24-10-4-2-5-11-24/h2-21H,22H2,1H3,(H,36,38). The van der Waals surface area contributed by atoms with Gasteiger partial charge in [-0.15, -0.1) is 0 Å². The molecule has 1 amide bonds. The molecule has 2 aromatic heterocycles. The molecule has 4 aromatic carbocycles.